The summed E-state index contributed by atoms with van der Waals surface area (Å²) in [5, 5.41) is 7.42. The van der Waals surface area contributed by atoms with Gasteiger partial charge in [0.2, 0.25) is 11.8 Å². The van der Waals surface area contributed by atoms with Gasteiger partial charge in [-0.25, -0.2) is 9.59 Å². The summed E-state index contributed by atoms with van der Waals surface area (Å²) in [6, 6.07) is 14.3. The predicted molar refractivity (Wildman–Crippen MR) is 146 cm³/mol. The lowest BCUT2D eigenvalue weighted by Crippen LogP contribution is -2.56. The summed E-state index contributed by atoms with van der Waals surface area (Å²) in [7, 11) is 1.19. The van der Waals surface area contributed by atoms with Crippen molar-refractivity contribution < 1.29 is 38.2 Å². The van der Waals surface area contributed by atoms with Gasteiger partial charge in [0.1, 0.15) is 30.3 Å². The van der Waals surface area contributed by atoms with Crippen LogP contribution in [0.2, 0.25) is 0 Å². The first-order valence-electron chi connectivity index (χ1n) is 12.8. The van der Waals surface area contributed by atoms with Crippen molar-refractivity contribution in [1.29, 1.82) is 0 Å². The molecule has 3 N–H and O–H groups in total. The fraction of sp³-hybridized carbons (Fsp3) is 0.414. The van der Waals surface area contributed by atoms with Crippen LogP contribution in [0.15, 0.2) is 60.7 Å². The zero-order valence-corrected chi connectivity index (χ0v) is 23.4. The van der Waals surface area contributed by atoms with Crippen LogP contribution >= 0.6 is 0 Å². The van der Waals surface area contributed by atoms with Gasteiger partial charge < -0.3 is 30.2 Å². The molecule has 0 aliphatic rings. The van der Waals surface area contributed by atoms with E-state index < -0.39 is 60.0 Å². The molecule has 0 saturated carbocycles. The third-order valence-electron chi connectivity index (χ3n) is 5.45. The molecule has 3 atom stereocenters. The fourth-order valence-electron chi connectivity index (χ4n) is 3.52. The number of carbonyl (C=O) groups excluding carboxylic acids is 5. The van der Waals surface area contributed by atoms with Gasteiger partial charge in [0.25, 0.3) is 0 Å². The number of benzene rings is 2. The summed E-state index contributed by atoms with van der Waals surface area (Å²) in [6.45, 7) is 6.39. The van der Waals surface area contributed by atoms with Crippen LogP contribution in [-0.2, 0) is 46.4 Å². The van der Waals surface area contributed by atoms with E-state index in [2.05, 4.69) is 16.0 Å². The van der Waals surface area contributed by atoms with Crippen molar-refractivity contribution in [2.24, 2.45) is 0 Å². The Balaban J connectivity index is 2.10. The second-order valence-electron chi connectivity index (χ2n) is 10.1. The highest BCUT2D eigenvalue weighted by Crippen LogP contribution is 2.11. The van der Waals surface area contributed by atoms with E-state index in [4.69, 9.17) is 14.2 Å². The number of alkyl carbamates (subject to hydrolysis) is 1. The van der Waals surface area contributed by atoms with Gasteiger partial charge in [-0.05, 0) is 38.8 Å². The minimum Gasteiger partial charge on any atom is -0.467 e. The highest BCUT2D eigenvalue weighted by atomic mass is 16.6. The smallest absolute Gasteiger partial charge is 0.408 e. The third-order valence-corrected chi connectivity index (χ3v) is 5.45. The van der Waals surface area contributed by atoms with E-state index in [1.807, 2.05) is 12.1 Å². The van der Waals surface area contributed by atoms with E-state index >= 15 is 0 Å². The van der Waals surface area contributed by atoms with E-state index in [0.29, 0.717) is 0 Å². The Hall–Kier alpha value is -4.41. The van der Waals surface area contributed by atoms with Gasteiger partial charge >= 0.3 is 18.0 Å². The zero-order valence-electron chi connectivity index (χ0n) is 23.4. The Morgan fingerprint density at radius 3 is 1.88 bits per heavy atom. The van der Waals surface area contributed by atoms with E-state index in [1.54, 1.807) is 69.3 Å². The predicted octanol–water partition coefficient (Wildman–Crippen LogP) is 2.42. The molecule has 0 radical (unpaired) electrons. The van der Waals surface area contributed by atoms with Gasteiger partial charge in [-0.1, -0.05) is 60.7 Å². The molecule has 0 spiro atoms. The molecule has 0 aromatic heterocycles. The molecule has 2 rings (SSSR count). The molecule has 11 nitrogen and oxygen atoms in total. The molecule has 11 heteroatoms. The summed E-state index contributed by atoms with van der Waals surface area (Å²) in [4.78, 5) is 63.3. The first-order valence-corrected chi connectivity index (χ1v) is 12.8. The quantitative estimate of drug-likeness (QED) is 0.267. The van der Waals surface area contributed by atoms with Gasteiger partial charge in [0.05, 0.1) is 13.5 Å². The third kappa shape index (κ3) is 11.5. The number of hydrogen-bond acceptors (Lipinski definition) is 8. The van der Waals surface area contributed by atoms with Crippen molar-refractivity contribution in [3.63, 3.8) is 0 Å². The van der Waals surface area contributed by atoms with Gasteiger partial charge in [-0.2, -0.15) is 0 Å². The summed E-state index contributed by atoms with van der Waals surface area (Å²) >= 11 is 0. The van der Waals surface area contributed by atoms with E-state index in [1.165, 1.54) is 14.0 Å². The Morgan fingerprint density at radius 2 is 1.32 bits per heavy atom. The molecule has 0 saturated heterocycles. The van der Waals surface area contributed by atoms with Crippen molar-refractivity contribution in [3.05, 3.63) is 71.8 Å². The molecule has 2 aromatic rings. The van der Waals surface area contributed by atoms with Crippen LogP contribution in [0, 0.1) is 0 Å². The molecule has 0 unspecified atom stereocenters. The number of rotatable bonds is 12. The molecule has 216 valence electrons. The number of hydrogen-bond donors (Lipinski definition) is 3. The second kappa shape index (κ2) is 15.2. The van der Waals surface area contributed by atoms with Crippen molar-refractivity contribution in [1.82, 2.24) is 16.0 Å². The van der Waals surface area contributed by atoms with Crippen LogP contribution in [-0.4, -0.2) is 60.7 Å². The number of carbonyl (C=O) groups is 5. The molecular formula is C29H37N3O8. The van der Waals surface area contributed by atoms with Crippen LogP contribution in [0.5, 0.6) is 0 Å². The van der Waals surface area contributed by atoms with Crippen molar-refractivity contribution in [2.75, 3.05) is 7.11 Å². The molecule has 0 aliphatic heterocycles. The number of nitrogens with one attached hydrogen (secondary N) is 3. The van der Waals surface area contributed by atoms with Crippen LogP contribution < -0.4 is 16.0 Å². The minimum absolute atomic E-state index is 0.00101. The maximum Gasteiger partial charge on any atom is 0.408 e. The molecular weight excluding hydrogens is 518 g/mol. The normalized spacial score (nSPS) is 13.1. The topological polar surface area (TPSA) is 149 Å². The van der Waals surface area contributed by atoms with Crippen LogP contribution in [0.1, 0.15) is 45.2 Å². The van der Waals surface area contributed by atoms with Crippen molar-refractivity contribution in [2.45, 2.75) is 70.9 Å². The molecule has 0 aliphatic carbocycles. The molecule has 40 heavy (non-hydrogen) atoms. The maximum atomic E-state index is 13.3. The number of methoxy groups -OCH3 is 1. The van der Waals surface area contributed by atoms with Crippen molar-refractivity contribution in [3.8, 4) is 0 Å². The van der Waals surface area contributed by atoms with E-state index in [-0.39, 0.29) is 13.0 Å². The summed E-state index contributed by atoms with van der Waals surface area (Å²) in [5.74, 6) is -2.99. The highest BCUT2D eigenvalue weighted by molar-refractivity contribution is 5.95. The summed E-state index contributed by atoms with van der Waals surface area (Å²) < 4.78 is 15.3. The minimum atomic E-state index is -1.41. The van der Waals surface area contributed by atoms with Gasteiger partial charge in [0, 0.05) is 6.42 Å². The molecule has 3 amide bonds. The molecule has 2 aromatic carbocycles. The Morgan fingerprint density at radius 1 is 0.775 bits per heavy atom. The summed E-state index contributed by atoms with van der Waals surface area (Å²) in [5.41, 5.74) is 0.693. The molecule has 0 fully saturated rings. The number of amides is 3. The summed E-state index contributed by atoms with van der Waals surface area (Å²) in [6.07, 6.45) is -1.23. The Labute approximate surface area is 233 Å². The lowest BCUT2D eigenvalue weighted by atomic mass is 10.0. The highest BCUT2D eigenvalue weighted by Gasteiger charge is 2.32. The SMILES string of the molecule is COC(=O)[C@H](Cc1ccccc1)NC(=O)[C@H](CC(=O)OC(C)(C)C)NC(=O)[C@H](C)NC(=O)OCc1ccccc1. The van der Waals surface area contributed by atoms with Crippen LogP contribution in [0.25, 0.3) is 0 Å². The van der Waals surface area contributed by atoms with Gasteiger partial charge in [-0.3, -0.25) is 14.4 Å². The lowest BCUT2D eigenvalue weighted by Gasteiger charge is -2.25. The average Bonchev–Trinajstić information content (AvgIpc) is 2.90. The largest absolute Gasteiger partial charge is 0.467 e. The Kier molecular flexibility index (Phi) is 12.1. The fourth-order valence-corrected chi connectivity index (χ4v) is 3.52. The second-order valence-corrected chi connectivity index (χ2v) is 10.1. The molecule has 0 heterocycles. The van der Waals surface area contributed by atoms with E-state index in [9.17, 15) is 24.0 Å². The zero-order chi connectivity index (χ0) is 29.7. The first-order chi connectivity index (χ1) is 18.9. The average molecular weight is 556 g/mol. The number of ether oxygens (including phenoxy) is 3. The lowest BCUT2D eigenvalue weighted by molar-refractivity contribution is -0.156. The van der Waals surface area contributed by atoms with Crippen molar-refractivity contribution >= 4 is 29.8 Å². The Bertz CT molecular complexity index is 1150. The molecule has 0 bridgehead atoms. The van der Waals surface area contributed by atoms with Gasteiger partial charge in [-0.15, -0.1) is 0 Å². The van der Waals surface area contributed by atoms with Crippen LogP contribution in [0.4, 0.5) is 4.79 Å². The number of esters is 2. The van der Waals surface area contributed by atoms with E-state index in [0.717, 1.165) is 11.1 Å². The first kappa shape index (κ1) is 31.8. The van der Waals surface area contributed by atoms with Gasteiger partial charge in [0.15, 0.2) is 0 Å². The standard InChI is InChI=1S/C29H37N3O8/c1-19(30-28(37)39-18-21-14-10-7-11-15-21)25(34)31-22(17-24(33)40-29(2,3)4)26(35)32-23(27(36)38-5)16-20-12-8-6-9-13-20/h6-15,19,22-23H,16-18H2,1-5H3,(H,30,37)(H,31,34)(H,32,35)/t19-,22-,23-/m0/s1. The maximum absolute atomic E-state index is 13.3. The monoisotopic (exact) mass is 555 g/mol. The van der Waals surface area contributed by atoms with Crippen LogP contribution in [0.3, 0.4) is 0 Å².